The Hall–Kier alpha value is -2.72. The fourth-order valence-electron chi connectivity index (χ4n) is 3.04. The van der Waals surface area contributed by atoms with Gasteiger partial charge in [-0.05, 0) is 47.0 Å². The number of hydrogen-bond acceptors (Lipinski definition) is 8. The van der Waals surface area contributed by atoms with E-state index in [1.54, 1.807) is 12.3 Å². The van der Waals surface area contributed by atoms with Crippen LogP contribution in [0, 0.1) is 0 Å². The molecule has 1 saturated heterocycles. The summed E-state index contributed by atoms with van der Waals surface area (Å²) in [5, 5.41) is 19.3. The number of phenolic OH excluding ortho intramolecular Hbond substituents is 1. The Morgan fingerprint density at radius 1 is 1.40 bits per heavy atom. The Bertz CT molecular complexity index is 931. The summed E-state index contributed by atoms with van der Waals surface area (Å²) in [6.45, 7) is 1.91. The molecule has 2 atom stereocenters. The van der Waals surface area contributed by atoms with Crippen molar-refractivity contribution in [3.8, 4) is 11.5 Å². The third-order valence-electron chi connectivity index (χ3n) is 4.44. The highest BCUT2D eigenvalue weighted by Gasteiger charge is 2.24. The number of phenols is 1. The molecule has 160 valence electrons. The second kappa shape index (κ2) is 9.86. The molecule has 2 heterocycles. The molecule has 9 nitrogen and oxygen atoms in total. The van der Waals surface area contributed by atoms with E-state index in [1.807, 2.05) is 0 Å². The van der Waals surface area contributed by atoms with Crippen LogP contribution >= 0.6 is 15.9 Å². The predicted molar refractivity (Wildman–Crippen MR) is 107 cm³/mol. The van der Waals surface area contributed by atoms with E-state index in [4.69, 9.17) is 14.2 Å². The van der Waals surface area contributed by atoms with Crippen LogP contribution in [0.1, 0.15) is 43.0 Å². The zero-order chi connectivity index (χ0) is 21.7. The third-order valence-corrected chi connectivity index (χ3v) is 5.08. The van der Waals surface area contributed by atoms with Gasteiger partial charge in [-0.2, -0.15) is 0 Å². The molecule has 1 fully saturated rings. The Morgan fingerprint density at radius 2 is 2.20 bits per heavy atom. The second-order valence-electron chi connectivity index (χ2n) is 6.75. The van der Waals surface area contributed by atoms with Crippen LogP contribution in [0.3, 0.4) is 0 Å². The van der Waals surface area contributed by atoms with Gasteiger partial charge in [-0.15, -0.1) is 0 Å². The third kappa shape index (κ3) is 5.67. The lowest BCUT2D eigenvalue weighted by Gasteiger charge is -2.17. The van der Waals surface area contributed by atoms with Crippen LogP contribution in [0.4, 0.5) is 0 Å². The molecule has 2 N–H and O–H groups in total. The SMILES string of the molecule is CC(=O)OC(Cc1cc(O)c(Br)cc1OCc1ccnc([C@@H]2CCCO2)n1)C(=O)O. The highest BCUT2D eigenvalue weighted by atomic mass is 79.9. The molecule has 10 heteroatoms. The summed E-state index contributed by atoms with van der Waals surface area (Å²) in [6.07, 6.45) is 1.77. The zero-order valence-electron chi connectivity index (χ0n) is 16.2. The van der Waals surface area contributed by atoms with Gasteiger partial charge in [0.2, 0.25) is 6.10 Å². The number of aromatic hydroxyl groups is 1. The van der Waals surface area contributed by atoms with Crippen molar-refractivity contribution < 1.29 is 34.0 Å². The molecule has 1 aliphatic rings. The number of carboxylic acids is 1. The smallest absolute Gasteiger partial charge is 0.345 e. The van der Waals surface area contributed by atoms with E-state index in [-0.39, 0.29) is 24.9 Å². The quantitative estimate of drug-likeness (QED) is 0.547. The van der Waals surface area contributed by atoms with Gasteiger partial charge in [0.15, 0.2) is 5.82 Å². The van der Waals surface area contributed by atoms with Gasteiger partial charge in [-0.1, -0.05) is 0 Å². The van der Waals surface area contributed by atoms with E-state index in [1.165, 1.54) is 12.1 Å². The van der Waals surface area contributed by atoms with Crippen LogP contribution in [-0.2, 0) is 32.1 Å². The van der Waals surface area contributed by atoms with Crippen molar-refractivity contribution in [3.63, 3.8) is 0 Å². The molecule has 0 aliphatic carbocycles. The summed E-state index contributed by atoms with van der Waals surface area (Å²) in [5.74, 6) is -1.17. The van der Waals surface area contributed by atoms with Crippen molar-refractivity contribution in [1.29, 1.82) is 0 Å². The monoisotopic (exact) mass is 480 g/mol. The summed E-state index contributed by atoms with van der Waals surface area (Å²) in [7, 11) is 0. The lowest BCUT2D eigenvalue weighted by atomic mass is 10.1. The van der Waals surface area contributed by atoms with E-state index >= 15 is 0 Å². The van der Waals surface area contributed by atoms with E-state index in [0.717, 1.165) is 19.8 Å². The van der Waals surface area contributed by atoms with Gasteiger partial charge >= 0.3 is 11.9 Å². The fourth-order valence-corrected chi connectivity index (χ4v) is 3.36. The number of aliphatic carboxylic acids is 1. The van der Waals surface area contributed by atoms with E-state index in [0.29, 0.717) is 33.9 Å². The number of carboxylic acid groups (broad SMARTS) is 1. The molecule has 30 heavy (non-hydrogen) atoms. The molecular weight excluding hydrogens is 460 g/mol. The molecule has 1 aromatic carbocycles. The number of carbonyl (C=O) groups is 2. The van der Waals surface area contributed by atoms with Gasteiger partial charge in [-0.3, -0.25) is 4.79 Å². The number of aromatic nitrogens is 2. The van der Waals surface area contributed by atoms with E-state index < -0.39 is 18.0 Å². The summed E-state index contributed by atoms with van der Waals surface area (Å²) < 4.78 is 16.7. The normalized spacial score (nSPS) is 16.8. The molecule has 0 bridgehead atoms. The minimum Gasteiger partial charge on any atom is -0.507 e. The molecule has 1 aromatic heterocycles. The molecular formula is C20H21BrN2O7. The Morgan fingerprint density at radius 3 is 2.87 bits per heavy atom. The molecule has 0 saturated carbocycles. The number of hydrogen-bond donors (Lipinski definition) is 2. The highest BCUT2D eigenvalue weighted by molar-refractivity contribution is 9.10. The van der Waals surface area contributed by atoms with Gasteiger partial charge in [-0.25, -0.2) is 14.8 Å². The maximum absolute atomic E-state index is 11.4. The van der Waals surface area contributed by atoms with Crippen LogP contribution < -0.4 is 4.74 Å². The number of halogens is 1. The zero-order valence-corrected chi connectivity index (χ0v) is 17.8. The number of esters is 1. The van der Waals surface area contributed by atoms with Gasteiger partial charge in [0.05, 0.1) is 10.2 Å². The average molecular weight is 481 g/mol. The Kier molecular flexibility index (Phi) is 7.22. The van der Waals surface area contributed by atoms with Crippen LogP contribution in [0.2, 0.25) is 0 Å². The Labute approximate surface area is 181 Å². The van der Waals surface area contributed by atoms with Gasteiger partial charge < -0.3 is 24.4 Å². The van der Waals surface area contributed by atoms with E-state index in [2.05, 4.69) is 25.9 Å². The molecule has 0 radical (unpaired) electrons. The van der Waals surface area contributed by atoms with Crippen molar-refractivity contribution in [2.45, 2.75) is 45.0 Å². The lowest BCUT2D eigenvalue weighted by Crippen LogP contribution is -2.28. The fraction of sp³-hybridized carbons (Fsp3) is 0.400. The second-order valence-corrected chi connectivity index (χ2v) is 7.60. The van der Waals surface area contributed by atoms with Crippen molar-refractivity contribution >= 4 is 27.9 Å². The number of benzene rings is 1. The first-order chi connectivity index (χ1) is 14.3. The number of rotatable bonds is 8. The van der Waals surface area contributed by atoms with Crippen molar-refractivity contribution in [1.82, 2.24) is 9.97 Å². The summed E-state index contributed by atoms with van der Waals surface area (Å²) in [4.78, 5) is 31.4. The number of ether oxygens (including phenoxy) is 3. The first kappa shape index (κ1) is 22.0. The van der Waals surface area contributed by atoms with Crippen molar-refractivity contribution in [3.05, 3.63) is 46.0 Å². The summed E-state index contributed by atoms with van der Waals surface area (Å²) in [5.41, 5.74) is 0.998. The highest BCUT2D eigenvalue weighted by Crippen LogP contribution is 2.33. The number of carbonyl (C=O) groups excluding carboxylic acids is 1. The molecule has 3 rings (SSSR count). The first-order valence-corrected chi connectivity index (χ1v) is 10.1. The number of nitrogens with zero attached hydrogens (tertiary/aromatic N) is 2. The standard InChI is InChI=1S/C20H21BrN2O7/c1-11(24)30-18(20(26)27)8-12-7-15(25)14(21)9-17(12)29-10-13-4-5-22-19(23-13)16-3-2-6-28-16/h4-5,7,9,16,18,25H,2-3,6,8,10H2,1H3,(H,26,27)/t16-,18?/m0/s1. The molecule has 1 aliphatic heterocycles. The molecule has 0 spiro atoms. The van der Waals surface area contributed by atoms with Gasteiger partial charge in [0.1, 0.15) is 24.2 Å². The average Bonchev–Trinajstić information content (AvgIpc) is 3.23. The maximum Gasteiger partial charge on any atom is 0.345 e. The van der Waals surface area contributed by atoms with Gasteiger partial charge in [0.25, 0.3) is 0 Å². The van der Waals surface area contributed by atoms with Crippen molar-refractivity contribution in [2.75, 3.05) is 6.61 Å². The van der Waals surface area contributed by atoms with Crippen molar-refractivity contribution in [2.24, 2.45) is 0 Å². The van der Waals surface area contributed by atoms with Crippen LogP contribution in [-0.4, -0.2) is 44.8 Å². The van der Waals surface area contributed by atoms with Gasteiger partial charge in [0, 0.05) is 31.7 Å². The minimum atomic E-state index is -1.41. The topological polar surface area (TPSA) is 128 Å². The van der Waals surface area contributed by atoms with Crippen LogP contribution in [0.25, 0.3) is 0 Å². The molecule has 2 aromatic rings. The molecule has 0 amide bonds. The Balaban J connectivity index is 1.78. The van der Waals surface area contributed by atoms with Crippen LogP contribution in [0.15, 0.2) is 28.9 Å². The van der Waals surface area contributed by atoms with E-state index in [9.17, 15) is 19.8 Å². The summed E-state index contributed by atoms with van der Waals surface area (Å²) >= 11 is 3.22. The summed E-state index contributed by atoms with van der Waals surface area (Å²) in [6, 6.07) is 4.61. The van der Waals surface area contributed by atoms with Crippen LogP contribution in [0.5, 0.6) is 11.5 Å². The lowest BCUT2D eigenvalue weighted by molar-refractivity contribution is -0.162. The first-order valence-electron chi connectivity index (χ1n) is 9.31. The predicted octanol–water partition coefficient (Wildman–Crippen LogP) is 2.93. The largest absolute Gasteiger partial charge is 0.507 e. The minimum absolute atomic E-state index is 0.0907. The maximum atomic E-state index is 11.4. The molecule has 1 unspecified atom stereocenters.